The number of alkyl halides is 2. The summed E-state index contributed by atoms with van der Waals surface area (Å²) in [5, 5.41) is 10.1. The minimum Gasteiger partial charge on any atom is -0.491 e. The average molecular weight is 368 g/mol. The summed E-state index contributed by atoms with van der Waals surface area (Å²) in [6.45, 7) is 4.65. The van der Waals surface area contributed by atoms with Gasteiger partial charge < -0.3 is 14.7 Å². The maximum atomic E-state index is 13.2. The molecule has 0 bridgehead atoms. The van der Waals surface area contributed by atoms with E-state index in [1.165, 1.54) is 19.3 Å². The van der Waals surface area contributed by atoms with Crippen LogP contribution in [-0.4, -0.2) is 66.3 Å². The van der Waals surface area contributed by atoms with E-state index in [2.05, 4.69) is 9.80 Å². The number of hydrogen-bond acceptors (Lipinski definition) is 4. The Bertz CT molecular complexity index is 537. The molecule has 2 aliphatic heterocycles. The van der Waals surface area contributed by atoms with Crippen molar-refractivity contribution in [3.8, 4) is 5.75 Å². The SMILES string of the molecule is O[C@H](COc1ccc(CN2CCC(F)(F)CC2)cc1)CN1CCCCC1. The van der Waals surface area contributed by atoms with Crippen molar-refractivity contribution in [2.75, 3.05) is 39.3 Å². The van der Waals surface area contributed by atoms with Crippen LogP contribution in [0.5, 0.6) is 5.75 Å². The van der Waals surface area contributed by atoms with E-state index in [4.69, 9.17) is 4.74 Å². The van der Waals surface area contributed by atoms with Gasteiger partial charge in [-0.05, 0) is 43.6 Å². The zero-order valence-corrected chi connectivity index (χ0v) is 15.4. The molecule has 2 aliphatic rings. The van der Waals surface area contributed by atoms with Crippen molar-refractivity contribution in [3.05, 3.63) is 29.8 Å². The quantitative estimate of drug-likeness (QED) is 0.802. The Balaban J connectivity index is 1.38. The highest BCUT2D eigenvalue weighted by Crippen LogP contribution is 2.28. The number of halogens is 2. The Morgan fingerprint density at radius 3 is 2.27 bits per heavy atom. The fourth-order valence-corrected chi connectivity index (χ4v) is 3.67. The van der Waals surface area contributed by atoms with Crippen LogP contribution in [0.1, 0.15) is 37.7 Å². The van der Waals surface area contributed by atoms with Crippen LogP contribution in [0, 0.1) is 0 Å². The molecule has 0 spiro atoms. The molecule has 1 aromatic carbocycles. The Morgan fingerprint density at radius 1 is 0.962 bits per heavy atom. The molecule has 0 unspecified atom stereocenters. The Kier molecular flexibility index (Phi) is 6.84. The van der Waals surface area contributed by atoms with Crippen LogP contribution in [0.3, 0.4) is 0 Å². The first-order chi connectivity index (χ1) is 12.5. The topological polar surface area (TPSA) is 35.9 Å². The molecule has 146 valence electrons. The van der Waals surface area contributed by atoms with Gasteiger partial charge in [-0.3, -0.25) is 4.90 Å². The van der Waals surface area contributed by atoms with Crippen molar-refractivity contribution >= 4 is 0 Å². The van der Waals surface area contributed by atoms with E-state index in [9.17, 15) is 13.9 Å². The summed E-state index contributed by atoms with van der Waals surface area (Å²) in [6, 6.07) is 7.72. The van der Waals surface area contributed by atoms with Crippen molar-refractivity contribution in [3.63, 3.8) is 0 Å². The third-order valence-electron chi connectivity index (χ3n) is 5.28. The van der Waals surface area contributed by atoms with Crippen LogP contribution < -0.4 is 4.74 Å². The van der Waals surface area contributed by atoms with E-state index in [0.717, 1.165) is 24.4 Å². The lowest BCUT2D eigenvalue weighted by molar-refractivity contribution is -0.0566. The minimum absolute atomic E-state index is 0.0525. The first kappa shape index (κ1) is 19.5. The molecule has 4 nitrogen and oxygen atoms in total. The van der Waals surface area contributed by atoms with E-state index >= 15 is 0 Å². The van der Waals surface area contributed by atoms with Crippen molar-refractivity contribution in [2.45, 2.75) is 50.7 Å². The Labute approximate surface area is 154 Å². The Morgan fingerprint density at radius 2 is 1.62 bits per heavy atom. The fraction of sp³-hybridized carbons (Fsp3) is 0.700. The second kappa shape index (κ2) is 9.11. The van der Waals surface area contributed by atoms with Crippen molar-refractivity contribution in [2.24, 2.45) is 0 Å². The van der Waals surface area contributed by atoms with Gasteiger partial charge in [0.15, 0.2) is 0 Å². The Hall–Kier alpha value is -1.24. The van der Waals surface area contributed by atoms with Gasteiger partial charge in [0, 0.05) is 39.0 Å². The molecule has 1 N–H and O–H groups in total. The number of piperidine rings is 2. The lowest BCUT2D eigenvalue weighted by Gasteiger charge is -2.31. The summed E-state index contributed by atoms with van der Waals surface area (Å²) in [7, 11) is 0. The van der Waals surface area contributed by atoms with Gasteiger partial charge in [-0.25, -0.2) is 8.78 Å². The van der Waals surface area contributed by atoms with E-state index in [1.54, 1.807) is 0 Å². The number of ether oxygens (including phenoxy) is 1. The van der Waals surface area contributed by atoms with Crippen molar-refractivity contribution in [1.82, 2.24) is 9.80 Å². The summed E-state index contributed by atoms with van der Waals surface area (Å²) in [4.78, 5) is 4.36. The predicted octanol–water partition coefficient (Wildman–Crippen LogP) is 3.14. The first-order valence-corrected chi connectivity index (χ1v) is 9.72. The van der Waals surface area contributed by atoms with E-state index in [1.807, 2.05) is 24.3 Å². The number of β-amino-alcohol motifs (C(OH)–C–C–N with tert-alkyl or cyclic N) is 1. The lowest BCUT2D eigenvalue weighted by atomic mass is 10.1. The first-order valence-electron chi connectivity index (χ1n) is 9.72. The number of nitrogens with zero attached hydrogens (tertiary/aromatic N) is 2. The number of aliphatic hydroxyl groups is 1. The van der Waals surface area contributed by atoms with Gasteiger partial charge in [-0.15, -0.1) is 0 Å². The zero-order chi connectivity index (χ0) is 18.4. The fourth-order valence-electron chi connectivity index (χ4n) is 3.67. The second-order valence-corrected chi connectivity index (χ2v) is 7.60. The molecule has 26 heavy (non-hydrogen) atoms. The molecular weight excluding hydrogens is 338 g/mol. The smallest absolute Gasteiger partial charge is 0.250 e. The third kappa shape index (κ3) is 6.18. The maximum absolute atomic E-state index is 13.2. The zero-order valence-electron chi connectivity index (χ0n) is 15.4. The number of likely N-dealkylation sites (tertiary alicyclic amines) is 2. The molecule has 2 saturated heterocycles. The summed E-state index contributed by atoms with van der Waals surface area (Å²) >= 11 is 0. The lowest BCUT2D eigenvalue weighted by Crippen LogP contribution is -2.38. The van der Waals surface area contributed by atoms with Crippen LogP contribution in [0.15, 0.2) is 24.3 Å². The normalized spacial score (nSPS) is 22.9. The van der Waals surface area contributed by atoms with Gasteiger partial charge in [0.1, 0.15) is 18.5 Å². The molecule has 0 amide bonds. The average Bonchev–Trinajstić information content (AvgIpc) is 2.64. The summed E-state index contributed by atoms with van der Waals surface area (Å²) in [5.74, 6) is -1.76. The summed E-state index contributed by atoms with van der Waals surface area (Å²) in [6.07, 6.45) is 3.12. The molecule has 2 fully saturated rings. The van der Waals surface area contributed by atoms with Crippen LogP contribution in [0.25, 0.3) is 0 Å². The number of rotatable bonds is 7. The monoisotopic (exact) mass is 368 g/mol. The third-order valence-corrected chi connectivity index (χ3v) is 5.28. The summed E-state index contributed by atoms with van der Waals surface area (Å²) in [5.41, 5.74) is 1.09. The van der Waals surface area contributed by atoms with Gasteiger partial charge in [-0.1, -0.05) is 18.6 Å². The van der Waals surface area contributed by atoms with Crippen molar-refractivity contribution < 1.29 is 18.6 Å². The summed E-state index contributed by atoms with van der Waals surface area (Å²) < 4.78 is 32.1. The van der Waals surface area contributed by atoms with Gasteiger partial charge in [0.25, 0.3) is 5.92 Å². The molecule has 1 aromatic rings. The van der Waals surface area contributed by atoms with Gasteiger partial charge in [0.05, 0.1) is 0 Å². The molecule has 3 rings (SSSR count). The number of benzene rings is 1. The van der Waals surface area contributed by atoms with Crippen LogP contribution in [-0.2, 0) is 6.54 Å². The van der Waals surface area contributed by atoms with Crippen LogP contribution in [0.4, 0.5) is 8.78 Å². The molecule has 2 heterocycles. The highest BCUT2D eigenvalue weighted by atomic mass is 19.3. The van der Waals surface area contributed by atoms with E-state index < -0.39 is 12.0 Å². The van der Waals surface area contributed by atoms with Gasteiger partial charge >= 0.3 is 0 Å². The van der Waals surface area contributed by atoms with Crippen LogP contribution in [0.2, 0.25) is 0 Å². The van der Waals surface area contributed by atoms with Crippen molar-refractivity contribution in [1.29, 1.82) is 0 Å². The second-order valence-electron chi connectivity index (χ2n) is 7.60. The number of aliphatic hydroxyl groups excluding tert-OH is 1. The maximum Gasteiger partial charge on any atom is 0.250 e. The van der Waals surface area contributed by atoms with E-state index in [0.29, 0.717) is 26.2 Å². The number of hydrogen-bond donors (Lipinski definition) is 1. The van der Waals surface area contributed by atoms with Gasteiger partial charge in [-0.2, -0.15) is 0 Å². The molecule has 0 aliphatic carbocycles. The van der Waals surface area contributed by atoms with E-state index in [-0.39, 0.29) is 19.4 Å². The molecule has 6 heteroatoms. The highest BCUT2D eigenvalue weighted by molar-refractivity contribution is 5.27. The molecule has 1 atom stereocenters. The standard InChI is InChI=1S/C20H30F2N2O2/c21-20(22)8-12-24(13-9-20)14-17-4-6-19(7-5-17)26-16-18(25)15-23-10-2-1-3-11-23/h4-7,18,25H,1-3,8-16H2/t18-/m0/s1. The highest BCUT2D eigenvalue weighted by Gasteiger charge is 2.33. The molecule has 0 saturated carbocycles. The largest absolute Gasteiger partial charge is 0.491 e. The molecule has 0 aromatic heterocycles. The molecule has 0 radical (unpaired) electrons. The minimum atomic E-state index is -2.50. The molecular formula is C20H30F2N2O2. The van der Waals surface area contributed by atoms with Crippen LogP contribution >= 0.6 is 0 Å². The predicted molar refractivity (Wildman–Crippen MR) is 97.7 cm³/mol. The van der Waals surface area contributed by atoms with Gasteiger partial charge in [0.2, 0.25) is 0 Å².